The maximum absolute atomic E-state index is 5.94. The van der Waals surface area contributed by atoms with Crippen molar-refractivity contribution in [3.8, 4) is 5.75 Å². The Bertz CT molecular complexity index is 305. The molecule has 0 aliphatic carbocycles. The van der Waals surface area contributed by atoms with Gasteiger partial charge in [-0.1, -0.05) is 32.0 Å². The van der Waals surface area contributed by atoms with E-state index in [2.05, 4.69) is 39.8 Å². The summed E-state index contributed by atoms with van der Waals surface area (Å²) in [7, 11) is 0. The molecule has 0 spiro atoms. The molecule has 1 atom stereocenters. The summed E-state index contributed by atoms with van der Waals surface area (Å²) >= 11 is 0. The van der Waals surface area contributed by atoms with Gasteiger partial charge < -0.3 is 10.5 Å². The predicted octanol–water partition coefficient (Wildman–Crippen LogP) is 3.09. The van der Waals surface area contributed by atoms with E-state index in [0.29, 0.717) is 12.5 Å². The average Bonchev–Trinajstić information content (AvgIpc) is 2.16. The Morgan fingerprint density at radius 2 is 1.69 bits per heavy atom. The molecule has 1 unspecified atom stereocenters. The van der Waals surface area contributed by atoms with Gasteiger partial charge in [-0.2, -0.15) is 0 Å². The summed E-state index contributed by atoms with van der Waals surface area (Å²) in [6.07, 6.45) is 0. The zero-order valence-electron chi connectivity index (χ0n) is 10.5. The topological polar surface area (TPSA) is 35.2 Å². The zero-order chi connectivity index (χ0) is 11.4. The van der Waals surface area contributed by atoms with Crippen molar-refractivity contribution in [1.29, 1.82) is 0 Å². The second-order valence-electron chi connectivity index (χ2n) is 4.44. The lowest BCUT2D eigenvalue weighted by atomic mass is 10.1. The van der Waals surface area contributed by atoms with Crippen LogP contribution in [-0.2, 0) is 0 Å². The van der Waals surface area contributed by atoms with Crippen molar-refractivity contribution in [3.63, 3.8) is 0 Å². The van der Waals surface area contributed by atoms with Gasteiger partial charge >= 0.3 is 0 Å². The molecule has 92 valence electrons. The van der Waals surface area contributed by atoms with Crippen molar-refractivity contribution in [2.75, 3.05) is 6.61 Å². The Morgan fingerprint density at radius 3 is 2.12 bits per heavy atom. The van der Waals surface area contributed by atoms with E-state index in [4.69, 9.17) is 10.5 Å². The number of rotatable bonds is 4. The van der Waals surface area contributed by atoms with Crippen molar-refractivity contribution in [3.05, 3.63) is 29.3 Å². The van der Waals surface area contributed by atoms with Crippen molar-refractivity contribution >= 4 is 12.4 Å². The smallest absolute Gasteiger partial charge is 0.125 e. The molecule has 0 aromatic heterocycles. The predicted molar refractivity (Wildman–Crippen MR) is 71.5 cm³/mol. The molecule has 0 heterocycles. The maximum atomic E-state index is 5.94. The Hall–Kier alpha value is -0.730. The van der Waals surface area contributed by atoms with Gasteiger partial charge in [0, 0.05) is 6.04 Å². The van der Waals surface area contributed by atoms with Crippen LogP contribution in [0.15, 0.2) is 18.2 Å². The molecule has 2 N–H and O–H groups in total. The number of hydrogen-bond acceptors (Lipinski definition) is 2. The van der Waals surface area contributed by atoms with E-state index in [-0.39, 0.29) is 18.4 Å². The van der Waals surface area contributed by atoms with E-state index in [1.807, 2.05) is 6.07 Å². The third-order valence-electron chi connectivity index (χ3n) is 2.69. The van der Waals surface area contributed by atoms with E-state index in [1.165, 1.54) is 11.1 Å². The quantitative estimate of drug-likeness (QED) is 0.882. The van der Waals surface area contributed by atoms with E-state index in [0.717, 1.165) is 5.75 Å². The SMILES string of the molecule is Cc1cccc(C)c1OCC(N)C(C)C.Cl. The standard InChI is InChI=1S/C13H21NO.ClH/c1-9(2)12(14)8-15-13-10(3)6-5-7-11(13)4;/h5-7,9,12H,8,14H2,1-4H3;1H. The molecule has 2 nitrogen and oxygen atoms in total. The molecule has 16 heavy (non-hydrogen) atoms. The minimum absolute atomic E-state index is 0. The first-order valence-electron chi connectivity index (χ1n) is 5.47. The van der Waals surface area contributed by atoms with Crippen LogP contribution in [0.3, 0.4) is 0 Å². The van der Waals surface area contributed by atoms with Crippen LogP contribution >= 0.6 is 12.4 Å². The normalized spacial score (nSPS) is 12.1. The Balaban J connectivity index is 0.00000225. The molecule has 1 rings (SSSR count). The molecular weight excluding hydrogens is 222 g/mol. The van der Waals surface area contributed by atoms with Gasteiger partial charge in [-0.05, 0) is 30.9 Å². The van der Waals surface area contributed by atoms with Gasteiger partial charge in [-0.25, -0.2) is 0 Å². The minimum atomic E-state index is 0. The fraction of sp³-hybridized carbons (Fsp3) is 0.538. The van der Waals surface area contributed by atoms with Crippen LogP contribution in [0.4, 0.5) is 0 Å². The van der Waals surface area contributed by atoms with E-state index in [9.17, 15) is 0 Å². The largest absolute Gasteiger partial charge is 0.491 e. The van der Waals surface area contributed by atoms with Gasteiger partial charge in [0.25, 0.3) is 0 Å². The third kappa shape index (κ3) is 4.03. The molecule has 1 aromatic rings. The molecule has 0 bridgehead atoms. The Labute approximate surface area is 105 Å². The number of aryl methyl sites for hydroxylation is 2. The fourth-order valence-corrected chi connectivity index (χ4v) is 1.40. The van der Waals surface area contributed by atoms with Crippen LogP contribution in [-0.4, -0.2) is 12.6 Å². The van der Waals surface area contributed by atoms with Gasteiger partial charge in [0.2, 0.25) is 0 Å². The van der Waals surface area contributed by atoms with Crippen molar-refractivity contribution < 1.29 is 4.74 Å². The van der Waals surface area contributed by atoms with Crippen LogP contribution < -0.4 is 10.5 Å². The van der Waals surface area contributed by atoms with Gasteiger partial charge in [0.1, 0.15) is 12.4 Å². The fourth-order valence-electron chi connectivity index (χ4n) is 1.40. The minimum Gasteiger partial charge on any atom is -0.491 e. The number of benzene rings is 1. The average molecular weight is 244 g/mol. The van der Waals surface area contributed by atoms with Gasteiger partial charge in [0.15, 0.2) is 0 Å². The highest BCUT2D eigenvalue weighted by molar-refractivity contribution is 5.85. The van der Waals surface area contributed by atoms with Gasteiger partial charge in [-0.15, -0.1) is 12.4 Å². The summed E-state index contributed by atoms with van der Waals surface area (Å²) in [6.45, 7) is 8.92. The number of halogens is 1. The Morgan fingerprint density at radius 1 is 1.19 bits per heavy atom. The van der Waals surface area contributed by atoms with Crippen LogP contribution in [0.25, 0.3) is 0 Å². The van der Waals surface area contributed by atoms with Crippen molar-refractivity contribution in [2.45, 2.75) is 33.7 Å². The monoisotopic (exact) mass is 243 g/mol. The molecule has 3 heteroatoms. The van der Waals surface area contributed by atoms with E-state index in [1.54, 1.807) is 0 Å². The lowest BCUT2D eigenvalue weighted by Crippen LogP contribution is -2.33. The van der Waals surface area contributed by atoms with E-state index >= 15 is 0 Å². The molecule has 0 aliphatic heterocycles. The molecular formula is C13H22ClNO. The zero-order valence-corrected chi connectivity index (χ0v) is 11.3. The lowest BCUT2D eigenvalue weighted by molar-refractivity contribution is 0.257. The number of para-hydroxylation sites is 1. The Kier molecular flexibility index (Phi) is 6.46. The number of hydrogen-bond donors (Lipinski definition) is 1. The second-order valence-corrected chi connectivity index (χ2v) is 4.44. The summed E-state index contributed by atoms with van der Waals surface area (Å²) in [5.74, 6) is 1.43. The molecule has 0 saturated heterocycles. The number of nitrogens with two attached hydrogens (primary N) is 1. The van der Waals surface area contributed by atoms with Crippen LogP contribution in [0.2, 0.25) is 0 Å². The summed E-state index contributed by atoms with van der Waals surface area (Å²) in [4.78, 5) is 0. The molecule has 0 fully saturated rings. The second kappa shape index (κ2) is 6.77. The molecule has 0 saturated carbocycles. The number of ether oxygens (including phenoxy) is 1. The van der Waals surface area contributed by atoms with Gasteiger partial charge in [0.05, 0.1) is 0 Å². The summed E-state index contributed by atoms with van der Waals surface area (Å²) in [5, 5.41) is 0. The highest BCUT2D eigenvalue weighted by Gasteiger charge is 2.10. The van der Waals surface area contributed by atoms with Crippen molar-refractivity contribution in [2.24, 2.45) is 11.7 Å². The van der Waals surface area contributed by atoms with Crippen LogP contribution in [0, 0.1) is 19.8 Å². The third-order valence-corrected chi connectivity index (χ3v) is 2.69. The van der Waals surface area contributed by atoms with Gasteiger partial charge in [-0.3, -0.25) is 0 Å². The molecule has 1 aromatic carbocycles. The van der Waals surface area contributed by atoms with E-state index < -0.39 is 0 Å². The molecule has 0 aliphatic rings. The summed E-state index contributed by atoms with van der Waals surface area (Å²) < 4.78 is 5.77. The molecule has 0 amide bonds. The van der Waals surface area contributed by atoms with Crippen LogP contribution in [0.1, 0.15) is 25.0 Å². The summed E-state index contributed by atoms with van der Waals surface area (Å²) in [6, 6.07) is 6.26. The highest BCUT2D eigenvalue weighted by atomic mass is 35.5. The highest BCUT2D eigenvalue weighted by Crippen LogP contribution is 2.22. The maximum Gasteiger partial charge on any atom is 0.125 e. The first kappa shape index (κ1) is 15.3. The molecule has 0 radical (unpaired) electrons. The van der Waals surface area contributed by atoms with Crippen LogP contribution in [0.5, 0.6) is 5.75 Å². The van der Waals surface area contributed by atoms with Crippen molar-refractivity contribution in [1.82, 2.24) is 0 Å². The first-order valence-corrected chi connectivity index (χ1v) is 5.47. The lowest BCUT2D eigenvalue weighted by Gasteiger charge is -2.18. The first-order chi connectivity index (χ1) is 7.02. The summed E-state index contributed by atoms with van der Waals surface area (Å²) in [5.41, 5.74) is 8.28.